The Morgan fingerprint density at radius 2 is 2.06 bits per heavy atom. The number of rotatable bonds is 5. The van der Waals surface area contributed by atoms with Gasteiger partial charge in [0.2, 0.25) is 0 Å². The molecule has 2 N–H and O–H groups in total. The molecule has 0 amide bonds. The molecule has 32 heavy (non-hydrogen) atoms. The molecule has 3 atom stereocenters. The fourth-order valence-electron chi connectivity index (χ4n) is 5.76. The lowest BCUT2D eigenvalue weighted by Crippen LogP contribution is -2.50. The molecule has 1 saturated heterocycles. The molecular formula is C23H31N5O3S. The molecule has 9 heteroatoms. The van der Waals surface area contributed by atoms with E-state index in [1.807, 2.05) is 19.2 Å². The van der Waals surface area contributed by atoms with Gasteiger partial charge in [0.15, 0.2) is 16.7 Å². The van der Waals surface area contributed by atoms with Gasteiger partial charge in [-0.3, -0.25) is 4.90 Å². The number of fused-ring (bicyclic) bond motifs is 3. The average molecular weight is 458 g/mol. The lowest BCUT2D eigenvalue weighted by Gasteiger charge is -2.41. The Labute approximate surface area is 190 Å². The SMILES string of the molecule is COC1CCCN(C(C2CCC(c3[nH]c(C)nc4cnc5nccc5c34)CC2)S(=O)O)C1. The van der Waals surface area contributed by atoms with E-state index in [2.05, 4.69) is 24.8 Å². The lowest BCUT2D eigenvalue weighted by molar-refractivity contribution is 0.0148. The van der Waals surface area contributed by atoms with Crippen molar-refractivity contribution in [1.82, 2.24) is 24.8 Å². The first-order chi connectivity index (χ1) is 15.5. The summed E-state index contributed by atoms with van der Waals surface area (Å²) in [5, 5.41) is 1.84. The number of pyridine rings is 1. The van der Waals surface area contributed by atoms with Crippen molar-refractivity contribution in [2.75, 3.05) is 20.2 Å². The Hall–Kier alpha value is -1.94. The van der Waals surface area contributed by atoms with Crippen LogP contribution in [0.25, 0.3) is 21.9 Å². The fraction of sp³-hybridized carbons (Fsp3) is 0.609. The third-order valence-electron chi connectivity index (χ3n) is 7.28. The van der Waals surface area contributed by atoms with Crippen molar-refractivity contribution in [3.05, 3.63) is 30.0 Å². The van der Waals surface area contributed by atoms with E-state index in [9.17, 15) is 8.76 Å². The van der Waals surface area contributed by atoms with Crippen LogP contribution in [0.15, 0.2) is 18.5 Å². The summed E-state index contributed by atoms with van der Waals surface area (Å²) in [6.07, 6.45) is 9.62. The van der Waals surface area contributed by atoms with Crippen molar-refractivity contribution < 1.29 is 13.5 Å². The zero-order valence-electron chi connectivity index (χ0n) is 18.7. The molecule has 0 aromatic carbocycles. The number of nitrogens with one attached hydrogen (secondary N) is 1. The van der Waals surface area contributed by atoms with Gasteiger partial charge in [0.05, 0.1) is 17.8 Å². The quantitative estimate of drug-likeness (QED) is 0.562. The highest BCUT2D eigenvalue weighted by molar-refractivity contribution is 7.79. The Kier molecular flexibility index (Phi) is 6.24. The maximum atomic E-state index is 12.4. The second-order valence-corrected chi connectivity index (χ2v) is 10.2. The molecule has 3 aromatic heterocycles. The highest BCUT2D eigenvalue weighted by Crippen LogP contribution is 2.41. The third kappa shape index (κ3) is 4.07. The maximum Gasteiger partial charge on any atom is 0.171 e. The van der Waals surface area contributed by atoms with Gasteiger partial charge in [0.1, 0.15) is 11.2 Å². The minimum atomic E-state index is -1.87. The molecular weight excluding hydrogens is 426 g/mol. The van der Waals surface area contributed by atoms with Gasteiger partial charge in [0.25, 0.3) is 0 Å². The average Bonchev–Trinajstić information content (AvgIpc) is 3.28. The zero-order valence-corrected chi connectivity index (χ0v) is 19.5. The van der Waals surface area contributed by atoms with E-state index in [1.54, 1.807) is 13.3 Å². The second kappa shape index (κ2) is 9.13. The summed E-state index contributed by atoms with van der Waals surface area (Å²) in [6.45, 7) is 3.59. The van der Waals surface area contributed by atoms with Crippen LogP contribution >= 0.6 is 0 Å². The standard InChI is InChI=1S/C23H31N5O3S/c1-14-26-19-12-25-22-18(9-10-24-22)20(19)21(27-14)15-5-7-16(8-6-15)23(32(29)30)28-11-3-4-17(13-28)31-2/h9-10,12,15-17,23H,3-8,11,13H2,1-2H3,(H,26,27)(H,29,30). The molecule has 0 spiro atoms. The predicted molar refractivity (Wildman–Crippen MR) is 125 cm³/mol. The van der Waals surface area contributed by atoms with Crippen LogP contribution in [0.2, 0.25) is 0 Å². The topological polar surface area (TPSA) is 104 Å². The van der Waals surface area contributed by atoms with Gasteiger partial charge in [-0.05, 0) is 69.9 Å². The largest absolute Gasteiger partial charge is 0.380 e. The molecule has 0 radical (unpaired) electrons. The van der Waals surface area contributed by atoms with E-state index in [1.165, 1.54) is 5.69 Å². The number of aryl methyl sites for hydroxylation is 1. The van der Waals surface area contributed by atoms with Crippen LogP contribution in [0.3, 0.4) is 0 Å². The predicted octanol–water partition coefficient (Wildman–Crippen LogP) is 3.75. The number of hydrogen-bond donors (Lipinski definition) is 2. The minimum Gasteiger partial charge on any atom is -0.380 e. The Morgan fingerprint density at radius 3 is 2.81 bits per heavy atom. The van der Waals surface area contributed by atoms with Gasteiger partial charge in [-0.25, -0.2) is 19.2 Å². The number of H-pyrrole nitrogens is 1. The van der Waals surface area contributed by atoms with E-state index in [0.29, 0.717) is 5.92 Å². The van der Waals surface area contributed by atoms with Gasteiger partial charge < -0.3 is 14.3 Å². The van der Waals surface area contributed by atoms with Crippen molar-refractivity contribution in [1.29, 1.82) is 0 Å². The lowest BCUT2D eigenvalue weighted by atomic mass is 9.79. The van der Waals surface area contributed by atoms with E-state index < -0.39 is 11.1 Å². The number of piperidine rings is 1. The molecule has 172 valence electrons. The molecule has 2 aliphatic rings. The third-order valence-corrected chi connectivity index (χ3v) is 8.38. The summed E-state index contributed by atoms with van der Waals surface area (Å²) in [4.78, 5) is 19.2. The summed E-state index contributed by atoms with van der Waals surface area (Å²) in [5.74, 6) is 1.45. The van der Waals surface area contributed by atoms with Crippen molar-refractivity contribution in [3.8, 4) is 0 Å². The van der Waals surface area contributed by atoms with Crippen molar-refractivity contribution in [2.24, 2.45) is 5.92 Å². The minimum absolute atomic E-state index is 0.154. The van der Waals surface area contributed by atoms with Gasteiger partial charge >= 0.3 is 0 Å². The number of aromatic nitrogens is 4. The number of methoxy groups -OCH3 is 1. The first-order valence-electron chi connectivity index (χ1n) is 11.5. The highest BCUT2D eigenvalue weighted by Gasteiger charge is 2.38. The number of hydrogen-bond acceptors (Lipinski definition) is 6. The molecule has 0 bridgehead atoms. The smallest absolute Gasteiger partial charge is 0.171 e. The molecule has 4 heterocycles. The Bertz CT molecular complexity index is 1130. The number of ether oxygens (including phenoxy) is 1. The van der Waals surface area contributed by atoms with Gasteiger partial charge in [-0.15, -0.1) is 0 Å². The molecule has 8 nitrogen and oxygen atoms in total. The van der Waals surface area contributed by atoms with Crippen LogP contribution in [0.5, 0.6) is 0 Å². The van der Waals surface area contributed by atoms with Crippen LogP contribution < -0.4 is 0 Å². The van der Waals surface area contributed by atoms with Gasteiger partial charge in [0, 0.05) is 36.3 Å². The number of likely N-dealkylation sites (tertiary alicyclic amines) is 1. The summed E-state index contributed by atoms with van der Waals surface area (Å²) >= 11 is -1.87. The van der Waals surface area contributed by atoms with E-state index in [4.69, 9.17) is 4.74 Å². The fourth-order valence-corrected chi connectivity index (χ4v) is 6.81. The second-order valence-electron chi connectivity index (χ2n) is 9.21. The molecule has 3 unspecified atom stereocenters. The van der Waals surface area contributed by atoms with Crippen LogP contribution in [-0.2, 0) is 15.8 Å². The molecule has 2 fully saturated rings. The van der Waals surface area contributed by atoms with E-state index in [0.717, 1.165) is 79.4 Å². The molecule has 1 saturated carbocycles. The van der Waals surface area contributed by atoms with E-state index >= 15 is 0 Å². The van der Waals surface area contributed by atoms with Gasteiger partial charge in [-0.1, -0.05) is 0 Å². The first-order valence-corrected chi connectivity index (χ1v) is 12.7. The van der Waals surface area contributed by atoms with Crippen LogP contribution in [0.4, 0.5) is 0 Å². The van der Waals surface area contributed by atoms with Crippen LogP contribution in [-0.4, -0.2) is 65.3 Å². The normalized spacial score (nSPS) is 27.0. The van der Waals surface area contributed by atoms with Crippen LogP contribution in [0.1, 0.15) is 56.0 Å². The molecule has 3 aromatic rings. The van der Waals surface area contributed by atoms with E-state index in [-0.39, 0.29) is 17.4 Å². The molecule has 5 rings (SSSR count). The summed E-state index contributed by atoms with van der Waals surface area (Å²) in [5.41, 5.74) is 2.85. The Morgan fingerprint density at radius 1 is 1.25 bits per heavy atom. The molecule has 1 aliphatic carbocycles. The summed E-state index contributed by atoms with van der Waals surface area (Å²) in [7, 11) is 1.73. The summed E-state index contributed by atoms with van der Waals surface area (Å²) in [6, 6.07) is 2.01. The van der Waals surface area contributed by atoms with Crippen LogP contribution in [0, 0.1) is 12.8 Å². The number of aromatic amines is 1. The van der Waals surface area contributed by atoms with Crippen molar-refractivity contribution in [3.63, 3.8) is 0 Å². The summed E-state index contributed by atoms with van der Waals surface area (Å²) < 4.78 is 28.1. The Balaban J connectivity index is 1.39. The van der Waals surface area contributed by atoms with Crippen molar-refractivity contribution in [2.45, 2.75) is 62.8 Å². The highest BCUT2D eigenvalue weighted by atomic mass is 32.2. The number of nitrogens with zero attached hydrogens (tertiary/aromatic N) is 4. The molecule has 1 aliphatic heterocycles. The first kappa shape index (κ1) is 21.9. The zero-order chi connectivity index (χ0) is 22.2. The van der Waals surface area contributed by atoms with Crippen molar-refractivity contribution >= 4 is 33.0 Å². The monoisotopic (exact) mass is 457 g/mol. The maximum absolute atomic E-state index is 12.4. The van der Waals surface area contributed by atoms with Gasteiger partial charge in [-0.2, -0.15) is 0 Å².